The lowest BCUT2D eigenvalue weighted by atomic mass is 10.3. The standard InChI is InChI=1S/C11H9ClFN3/c1-8(16-5-4-14-7-16)15-9-2-3-10(12)11(13)6-9/h2-7H,1H3/b15-8+. The van der Waals surface area contributed by atoms with Gasteiger partial charge in [0.2, 0.25) is 0 Å². The van der Waals surface area contributed by atoms with E-state index in [-0.39, 0.29) is 5.02 Å². The second-order valence-electron chi connectivity index (χ2n) is 3.23. The Morgan fingerprint density at radius 3 is 2.94 bits per heavy atom. The summed E-state index contributed by atoms with van der Waals surface area (Å²) in [6.07, 6.45) is 5.05. The maximum absolute atomic E-state index is 13.2. The number of hydrogen-bond donors (Lipinski definition) is 0. The first kappa shape index (κ1) is 10.8. The predicted octanol–water partition coefficient (Wildman–Crippen LogP) is 3.27. The van der Waals surface area contributed by atoms with Crippen molar-refractivity contribution in [2.45, 2.75) is 6.92 Å². The number of halogens is 2. The Bertz CT molecular complexity index is 520. The van der Waals surface area contributed by atoms with Crippen molar-refractivity contribution < 1.29 is 4.39 Å². The van der Waals surface area contributed by atoms with Crippen molar-refractivity contribution in [3.8, 4) is 0 Å². The van der Waals surface area contributed by atoms with Crippen LogP contribution in [0.25, 0.3) is 0 Å². The largest absolute Gasteiger partial charge is 0.294 e. The summed E-state index contributed by atoms with van der Waals surface area (Å²) in [5.74, 6) is 0.237. The maximum Gasteiger partial charge on any atom is 0.143 e. The molecule has 0 saturated carbocycles. The predicted molar refractivity (Wildman–Crippen MR) is 61.8 cm³/mol. The van der Waals surface area contributed by atoms with Crippen LogP contribution in [0.15, 0.2) is 41.9 Å². The lowest BCUT2D eigenvalue weighted by molar-refractivity contribution is 0.628. The highest BCUT2D eigenvalue weighted by Gasteiger charge is 2.01. The third kappa shape index (κ3) is 2.28. The molecule has 0 saturated heterocycles. The first-order valence-electron chi connectivity index (χ1n) is 4.65. The SMILES string of the molecule is C/C(=N\c1ccc(Cl)c(F)c1)n1ccnc1. The highest BCUT2D eigenvalue weighted by Crippen LogP contribution is 2.20. The van der Waals surface area contributed by atoms with Gasteiger partial charge in [0.25, 0.3) is 0 Å². The molecule has 82 valence electrons. The van der Waals surface area contributed by atoms with Gasteiger partial charge in [-0.15, -0.1) is 0 Å². The molecule has 1 heterocycles. The first-order chi connectivity index (χ1) is 7.66. The van der Waals surface area contributed by atoms with Gasteiger partial charge in [-0.1, -0.05) is 11.6 Å². The Hall–Kier alpha value is -1.68. The molecule has 0 fully saturated rings. The van der Waals surface area contributed by atoms with Crippen molar-refractivity contribution >= 4 is 23.1 Å². The van der Waals surface area contributed by atoms with E-state index in [1.165, 1.54) is 12.1 Å². The van der Waals surface area contributed by atoms with Gasteiger partial charge < -0.3 is 0 Å². The molecule has 2 rings (SSSR count). The van der Waals surface area contributed by atoms with Crippen LogP contribution < -0.4 is 0 Å². The van der Waals surface area contributed by atoms with Crippen LogP contribution in [-0.4, -0.2) is 15.4 Å². The smallest absolute Gasteiger partial charge is 0.143 e. The molecule has 3 nitrogen and oxygen atoms in total. The van der Waals surface area contributed by atoms with E-state index in [0.717, 1.165) is 0 Å². The van der Waals surface area contributed by atoms with Crippen molar-refractivity contribution in [1.29, 1.82) is 0 Å². The molecule has 0 spiro atoms. The fourth-order valence-electron chi connectivity index (χ4n) is 1.25. The number of benzene rings is 1. The highest BCUT2D eigenvalue weighted by molar-refractivity contribution is 6.30. The maximum atomic E-state index is 13.2. The Morgan fingerprint density at radius 1 is 1.50 bits per heavy atom. The number of hydrogen-bond acceptors (Lipinski definition) is 2. The molecule has 0 aliphatic rings. The van der Waals surface area contributed by atoms with Gasteiger partial charge in [-0.25, -0.2) is 14.4 Å². The first-order valence-corrected chi connectivity index (χ1v) is 5.03. The molecule has 0 aliphatic heterocycles. The monoisotopic (exact) mass is 237 g/mol. The zero-order valence-electron chi connectivity index (χ0n) is 8.56. The van der Waals surface area contributed by atoms with Gasteiger partial charge in [0.1, 0.15) is 18.0 Å². The van der Waals surface area contributed by atoms with Gasteiger partial charge in [-0.05, 0) is 19.1 Å². The number of imidazole rings is 1. The number of rotatable bonds is 1. The molecular formula is C11H9ClFN3. The molecule has 0 radical (unpaired) electrons. The quantitative estimate of drug-likeness (QED) is 0.553. The van der Waals surface area contributed by atoms with E-state index in [2.05, 4.69) is 9.98 Å². The van der Waals surface area contributed by atoms with Crippen molar-refractivity contribution in [3.05, 3.63) is 47.8 Å². The van der Waals surface area contributed by atoms with E-state index in [4.69, 9.17) is 11.6 Å². The third-order valence-corrected chi connectivity index (χ3v) is 2.38. The molecule has 16 heavy (non-hydrogen) atoms. The summed E-state index contributed by atoms with van der Waals surface area (Å²) < 4.78 is 14.9. The molecule has 2 aromatic rings. The average molecular weight is 238 g/mol. The van der Waals surface area contributed by atoms with E-state index >= 15 is 0 Å². The average Bonchev–Trinajstić information content (AvgIpc) is 2.77. The molecule has 0 N–H and O–H groups in total. The van der Waals surface area contributed by atoms with Crippen LogP contribution in [0.1, 0.15) is 6.92 Å². The summed E-state index contributed by atoms with van der Waals surface area (Å²) in [5.41, 5.74) is 0.521. The second kappa shape index (κ2) is 4.45. The minimum absolute atomic E-state index is 0.0965. The van der Waals surface area contributed by atoms with Crippen LogP contribution in [0.4, 0.5) is 10.1 Å². The van der Waals surface area contributed by atoms with Crippen molar-refractivity contribution in [3.63, 3.8) is 0 Å². The lowest BCUT2D eigenvalue weighted by Gasteiger charge is -2.01. The van der Waals surface area contributed by atoms with Crippen LogP contribution in [0, 0.1) is 5.82 Å². The molecule has 0 aliphatic carbocycles. The molecule has 0 amide bonds. The van der Waals surface area contributed by atoms with Gasteiger partial charge in [-0.2, -0.15) is 0 Å². The van der Waals surface area contributed by atoms with E-state index in [1.807, 2.05) is 6.92 Å². The lowest BCUT2D eigenvalue weighted by Crippen LogP contribution is -2.03. The second-order valence-corrected chi connectivity index (χ2v) is 3.63. The Kier molecular flexibility index (Phi) is 3.01. The van der Waals surface area contributed by atoms with Gasteiger partial charge in [0.15, 0.2) is 0 Å². The van der Waals surface area contributed by atoms with Crippen molar-refractivity contribution in [1.82, 2.24) is 9.55 Å². The highest BCUT2D eigenvalue weighted by atomic mass is 35.5. The summed E-state index contributed by atoms with van der Waals surface area (Å²) >= 11 is 5.58. The zero-order valence-corrected chi connectivity index (χ0v) is 9.32. The van der Waals surface area contributed by atoms with Crippen LogP contribution in [0.5, 0.6) is 0 Å². The molecule has 1 aromatic carbocycles. The van der Waals surface area contributed by atoms with Crippen LogP contribution in [-0.2, 0) is 0 Å². The Labute approximate surface area is 97.2 Å². The molecule has 1 aromatic heterocycles. The summed E-state index contributed by atoms with van der Waals surface area (Å²) in [7, 11) is 0. The van der Waals surface area contributed by atoms with Gasteiger partial charge in [0, 0.05) is 18.5 Å². The number of aliphatic imine (C=N–C) groups is 1. The van der Waals surface area contributed by atoms with Gasteiger partial charge >= 0.3 is 0 Å². The minimum Gasteiger partial charge on any atom is -0.294 e. The zero-order chi connectivity index (χ0) is 11.5. The number of aromatic nitrogens is 2. The summed E-state index contributed by atoms with van der Waals surface area (Å²) in [5, 5.41) is 0.0965. The van der Waals surface area contributed by atoms with Gasteiger partial charge in [-0.3, -0.25) is 4.57 Å². The number of nitrogens with zero attached hydrogens (tertiary/aromatic N) is 3. The van der Waals surface area contributed by atoms with Crippen molar-refractivity contribution in [2.75, 3.05) is 0 Å². The van der Waals surface area contributed by atoms with Crippen molar-refractivity contribution in [2.24, 2.45) is 4.99 Å². The third-order valence-electron chi connectivity index (χ3n) is 2.07. The summed E-state index contributed by atoms with van der Waals surface area (Å²) in [6.45, 7) is 1.81. The fourth-order valence-corrected chi connectivity index (χ4v) is 1.37. The minimum atomic E-state index is -0.471. The fraction of sp³-hybridized carbons (Fsp3) is 0.0909. The normalized spacial score (nSPS) is 11.8. The van der Waals surface area contributed by atoms with Gasteiger partial charge in [0.05, 0.1) is 10.7 Å². The molecule has 5 heteroatoms. The molecule has 0 unspecified atom stereocenters. The Morgan fingerprint density at radius 2 is 2.31 bits per heavy atom. The molecule has 0 atom stereocenters. The molecule has 0 bridgehead atoms. The van der Waals surface area contributed by atoms with E-state index in [1.54, 1.807) is 29.4 Å². The Balaban J connectivity index is 2.32. The van der Waals surface area contributed by atoms with E-state index in [9.17, 15) is 4.39 Å². The summed E-state index contributed by atoms with van der Waals surface area (Å²) in [4.78, 5) is 8.15. The van der Waals surface area contributed by atoms with Crippen LogP contribution in [0.3, 0.4) is 0 Å². The van der Waals surface area contributed by atoms with E-state index in [0.29, 0.717) is 11.5 Å². The van der Waals surface area contributed by atoms with E-state index < -0.39 is 5.82 Å². The molecular weight excluding hydrogens is 229 g/mol. The van der Waals surface area contributed by atoms with Crippen LogP contribution in [0.2, 0.25) is 5.02 Å². The summed E-state index contributed by atoms with van der Waals surface area (Å²) in [6, 6.07) is 4.44. The topological polar surface area (TPSA) is 30.2 Å². The van der Waals surface area contributed by atoms with Crippen LogP contribution >= 0.6 is 11.6 Å².